The lowest BCUT2D eigenvalue weighted by atomic mass is 10.2. The third kappa shape index (κ3) is 2.62. The van der Waals surface area contributed by atoms with Gasteiger partial charge in [0.15, 0.2) is 0 Å². The van der Waals surface area contributed by atoms with Crippen molar-refractivity contribution in [3.8, 4) is 16.2 Å². The van der Waals surface area contributed by atoms with Crippen LogP contribution < -0.4 is 10.5 Å². The Morgan fingerprint density at radius 1 is 1.47 bits per heavy atom. The molecule has 0 aliphatic carbocycles. The quantitative estimate of drug-likeness (QED) is 0.909. The third-order valence-electron chi connectivity index (χ3n) is 2.34. The molecule has 3 nitrogen and oxygen atoms in total. The molecule has 1 heterocycles. The summed E-state index contributed by atoms with van der Waals surface area (Å²) in [5, 5.41) is 0.953. The summed E-state index contributed by atoms with van der Waals surface area (Å²) in [7, 11) is 1.57. The van der Waals surface area contributed by atoms with E-state index >= 15 is 0 Å². The highest BCUT2D eigenvalue weighted by atomic mass is 32.1. The number of nitrogens with zero attached hydrogens (tertiary/aromatic N) is 1. The maximum Gasteiger partial charge on any atom is 0.127 e. The number of ether oxygens (including phenoxy) is 1. The van der Waals surface area contributed by atoms with Gasteiger partial charge in [-0.2, -0.15) is 0 Å². The van der Waals surface area contributed by atoms with E-state index in [4.69, 9.17) is 10.5 Å². The minimum atomic E-state index is -0.283. The molecule has 5 heteroatoms. The molecule has 17 heavy (non-hydrogen) atoms. The molecule has 0 radical (unpaired) electrons. The molecule has 1 aromatic carbocycles. The van der Waals surface area contributed by atoms with Crippen LogP contribution >= 0.6 is 11.3 Å². The van der Waals surface area contributed by atoms with Crippen molar-refractivity contribution in [3.05, 3.63) is 35.2 Å². The van der Waals surface area contributed by atoms with Crippen molar-refractivity contribution < 1.29 is 9.13 Å². The average molecular weight is 252 g/mol. The molecular weight excluding hydrogens is 239 g/mol. The van der Waals surface area contributed by atoms with Crippen LogP contribution in [0.4, 0.5) is 4.39 Å². The van der Waals surface area contributed by atoms with Crippen LogP contribution in [0, 0.1) is 5.82 Å². The molecule has 0 fully saturated rings. The second kappa shape index (κ2) is 5.25. The largest absolute Gasteiger partial charge is 0.496 e. The lowest BCUT2D eigenvalue weighted by Gasteiger charge is -2.05. The Labute approximate surface area is 103 Å². The number of methoxy groups -OCH3 is 1. The second-order valence-corrected chi connectivity index (χ2v) is 4.62. The van der Waals surface area contributed by atoms with E-state index in [-0.39, 0.29) is 5.82 Å². The van der Waals surface area contributed by atoms with Gasteiger partial charge in [-0.05, 0) is 24.7 Å². The zero-order valence-electron chi connectivity index (χ0n) is 9.44. The topological polar surface area (TPSA) is 48.1 Å². The fourth-order valence-electron chi connectivity index (χ4n) is 1.55. The summed E-state index contributed by atoms with van der Waals surface area (Å²) in [4.78, 5) is 5.14. The van der Waals surface area contributed by atoms with Gasteiger partial charge in [-0.1, -0.05) is 0 Å². The summed E-state index contributed by atoms with van der Waals surface area (Å²) in [6, 6.07) is 4.45. The summed E-state index contributed by atoms with van der Waals surface area (Å²) < 4.78 is 18.4. The number of thiazole rings is 1. The first kappa shape index (κ1) is 12.0. The van der Waals surface area contributed by atoms with Gasteiger partial charge >= 0.3 is 0 Å². The van der Waals surface area contributed by atoms with Crippen molar-refractivity contribution in [3.63, 3.8) is 0 Å². The molecule has 90 valence electrons. The van der Waals surface area contributed by atoms with Crippen LogP contribution in [0.5, 0.6) is 5.75 Å². The van der Waals surface area contributed by atoms with Crippen molar-refractivity contribution in [1.29, 1.82) is 0 Å². The van der Waals surface area contributed by atoms with Gasteiger partial charge < -0.3 is 10.5 Å². The highest BCUT2D eigenvalue weighted by molar-refractivity contribution is 7.15. The van der Waals surface area contributed by atoms with Gasteiger partial charge in [-0.25, -0.2) is 9.37 Å². The summed E-state index contributed by atoms with van der Waals surface area (Å²) in [6.07, 6.45) is 2.47. The maximum absolute atomic E-state index is 13.2. The van der Waals surface area contributed by atoms with E-state index < -0.39 is 0 Å². The van der Waals surface area contributed by atoms with Crippen LogP contribution in [-0.2, 0) is 6.42 Å². The molecule has 1 aromatic heterocycles. The molecule has 0 bridgehead atoms. The van der Waals surface area contributed by atoms with Crippen LogP contribution in [0.25, 0.3) is 10.4 Å². The molecular formula is C12H13FN2OS. The van der Waals surface area contributed by atoms with Gasteiger partial charge in [-0.3, -0.25) is 0 Å². The second-order valence-electron chi connectivity index (χ2n) is 3.50. The van der Waals surface area contributed by atoms with E-state index in [1.165, 1.54) is 23.5 Å². The highest BCUT2D eigenvalue weighted by Gasteiger charge is 2.10. The minimum Gasteiger partial charge on any atom is -0.496 e. The first-order valence-electron chi connectivity index (χ1n) is 5.23. The van der Waals surface area contributed by atoms with Gasteiger partial charge in [-0.15, -0.1) is 11.3 Å². The van der Waals surface area contributed by atoms with E-state index in [0.717, 1.165) is 21.9 Å². The Balaban J connectivity index is 2.40. The zero-order chi connectivity index (χ0) is 12.3. The summed E-state index contributed by atoms with van der Waals surface area (Å²) >= 11 is 1.51. The third-order valence-corrected chi connectivity index (χ3v) is 3.43. The Hall–Kier alpha value is -1.46. The molecule has 2 N–H and O–H groups in total. The number of rotatable bonds is 4. The zero-order valence-corrected chi connectivity index (χ0v) is 10.3. The predicted molar refractivity (Wildman–Crippen MR) is 66.8 cm³/mol. The normalized spacial score (nSPS) is 10.5. The van der Waals surface area contributed by atoms with Crippen molar-refractivity contribution in [2.45, 2.75) is 6.42 Å². The van der Waals surface area contributed by atoms with Gasteiger partial charge in [0, 0.05) is 18.2 Å². The fraction of sp³-hybridized carbons (Fsp3) is 0.250. The van der Waals surface area contributed by atoms with E-state index in [2.05, 4.69) is 4.98 Å². The Bertz CT molecular complexity index is 513. The summed E-state index contributed by atoms with van der Waals surface area (Å²) in [5.41, 5.74) is 6.20. The lowest BCUT2D eigenvalue weighted by molar-refractivity contribution is 0.415. The molecule has 0 unspecified atom stereocenters. The number of nitrogens with two attached hydrogens (primary N) is 1. The maximum atomic E-state index is 13.2. The van der Waals surface area contributed by atoms with Crippen molar-refractivity contribution in [2.24, 2.45) is 5.73 Å². The molecule has 0 atom stereocenters. The Kier molecular flexibility index (Phi) is 3.71. The highest BCUT2D eigenvalue weighted by Crippen LogP contribution is 2.34. The molecule has 2 aromatic rings. The first-order chi connectivity index (χ1) is 8.24. The Morgan fingerprint density at radius 2 is 2.29 bits per heavy atom. The standard InChI is InChI=1S/C12H13FN2OS/c1-16-10-3-2-8(13)6-9(10)11-7-15-12(17-11)4-5-14/h2-3,6-7H,4-5,14H2,1H3. The van der Waals surface area contributed by atoms with Crippen molar-refractivity contribution >= 4 is 11.3 Å². The van der Waals surface area contributed by atoms with E-state index in [9.17, 15) is 4.39 Å². The van der Waals surface area contributed by atoms with Crippen LogP contribution in [-0.4, -0.2) is 18.6 Å². The van der Waals surface area contributed by atoms with Gasteiger partial charge in [0.05, 0.1) is 17.0 Å². The van der Waals surface area contributed by atoms with Gasteiger partial charge in [0.25, 0.3) is 0 Å². The number of hydrogen-bond donors (Lipinski definition) is 1. The molecule has 2 rings (SSSR count). The number of aromatic nitrogens is 1. The van der Waals surface area contributed by atoms with Gasteiger partial charge in [0.1, 0.15) is 11.6 Å². The number of hydrogen-bond acceptors (Lipinski definition) is 4. The van der Waals surface area contributed by atoms with Crippen LogP contribution in [0.3, 0.4) is 0 Å². The minimum absolute atomic E-state index is 0.283. The SMILES string of the molecule is COc1ccc(F)cc1-c1cnc(CCN)s1. The number of benzene rings is 1. The predicted octanol–water partition coefficient (Wildman–Crippen LogP) is 2.46. The van der Waals surface area contributed by atoms with Crippen molar-refractivity contribution in [1.82, 2.24) is 4.98 Å². The summed E-state index contributed by atoms with van der Waals surface area (Å²) in [6.45, 7) is 0.563. The van der Waals surface area contributed by atoms with E-state index in [1.54, 1.807) is 19.4 Å². The number of halogens is 1. The molecule has 0 saturated carbocycles. The first-order valence-corrected chi connectivity index (χ1v) is 6.05. The van der Waals surface area contributed by atoms with Gasteiger partial charge in [0.2, 0.25) is 0 Å². The van der Waals surface area contributed by atoms with Crippen LogP contribution in [0.1, 0.15) is 5.01 Å². The average Bonchev–Trinajstić information content (AvgIpc) is 2.78. The molecule has 0 spiro atoms. The monoisotopic (exact) mass is 252 g/mol. The molecule has 0 saturated heterocycles. The van der Waals surface area contributed by atoms with Crippen molar-refractivity contribution in [2.75, 3.05) is 13.7 Å². The van der Waals surface area contributed by atoms with Crippen LogP contribution in [0.15, 0.2) is 24.4 Å². The molecule has 0 aliphatic heterocycles. The summed E-state index contributed by atoms with van der Waals surface area (Å²) in [5.74, 6) is 0.365. The van der Waals surface area contributed by atoms with E-state index in [0.29, 0.717) is 12.3 Å². The molecule has 0 amide bonds. The fourth-order valence-corrected chi connectivity index (χ4v) is 2.50. The Morgan fingerprint density at radius 3 is 3.00 bits per heavy atom. The van der Waals surface area contributed by atoms with E-state index in [1.807, 2.05) is 0 Å². The smallest absolute Gasteiger partial charge is 0.127 e. The lowest BCUT2D eigenvalue weighted by Crippen LogP contribution is -2.01. The van der Waals surface area contributed by atoms with Crippen LogP contribution in [0.2, 0.25) is 0 Å². The molecule has 0 aliphatic rings.